The van der Waals surface area contributed by atoms with Crippen molar-refractivity contribution >= 4 is 5.82 Å². The number of aromatic hydroxyl groups is 1. The third-order valence-corrected chi connectivity index (χ3v) is 4.06. The molecule has 0 atom stereocenters. The first-order valence-corrected chi connectivity index (χ1v) is 7.16. The molecule has 3 rings (SSSR count). The molecule has 106 valence electrons. The molecule has 0 radical (unpaired) electrons. The van der Waals surface area contributed by atoms with Crippen molar-refractivity contribution in [2.24, 2.45) is 0 Å². The van der Waals surface area contributed by atoms with E-state index in [1.807, 2.05) is 24.3 Å². The first-order valence-electron chi connectivity index (χ1n) is 7.16. The fraction of sp³-hybridized carbons (Fsp3) is 0.294. The molecule has 1 N–H and O–H groups in total. The van der Waals surface area contributed by atoms with Crippen LogP contribution in [0.3, 0.4) is 0 Å². The molecule has 21 heavy (non-hydrogen) atoms. The van der Waals surface area contributed by atoms with E-state index in [0.29, 0.717) is 17.2 Å². The monoisotopic (exact) mass is 279 g/mol. The molecule has 0 unspecified atom stereocenters. The minimum absolute atomic E-state index is 0.318. The van der Waals surface area contributed by atoms with Gasteiger partial charge >= 0.3 is 0 Å². The molecule has 1 fully saturated rings. The lowest BCUT2D eigenvalue weighted by atomic mass is 9.89. The van der Waals surface area contributed by atoms with Gasteiger partial charge in [-0.1, -0.05) is 12.1 Å². The zero-order valence-electron chi connectivity index (χ0n) is 11.7. The quantitative estimate of drug-likeness (QED) is 0.918. The summed E-state index contributed by atoms with van der Waals surface area (Å²) in [5, 5.41) is 18.1. The van der Waals surface area contributed by atoms with Crippen LogP contribution < -0.4 is 4.90 Å². The van der Waals surface area contributed by atoms with Crippen molar-refractivity contribution in [1.82, 2.24) is 4.98 Å². The van der Waals surface area contributed by atoms with Crippen LogP contribution in [0.1, 0.15) is 29.9 Å². The van der Waals surface area contributed by atoms with Crippen LogP contribution in [0, 0.1) is 11.3 Å². The minimum atomic E-state index is 0.318. The van der Waals surface area contributed by atoms with E-state index in [-0.39, 0.29) is 0 Å². The number of hydrogen-bond donors (Lipinski definition) is 1. The Morgan fingerprint density at radius 2 is 1.81 bits per heavy atom. The Kier molecular flexibility index (Phi) is 3.74. The molecule has 1 saturated heterocycles. The number of phenolic OH excluding ortho intramolecular Hbond substituents is 1. The highest BCUT2D eigenvalue weighted by Gasteiger charge is 2.21. The predicted molar refractivity (Wildman–Crippen MR) is 81.2 cm³/mol. The summed E-state index contributed by atoms with van der Waals surface area (Å²) in [4.78, 5) is 6.61. The smallest absolute Gasteiger partial charge is 0.128 e. The Labute approximate surface area is 124 Å². The summed E-state index contributed by atoms with van der Waals surface area (Å²) in [7, 11) is 0. The van der Waals surface area contributed by atoms with Crippen molar-refractivity contribution in [2.45, 2.75) is 18.8 Å². The molecule has 4 heteroatoms. The lowest BCUT2D eigenvalue weighted by Gasteiger charge is -2.33. The number of aromatic nitrogens is 1. The molecule has 1 aliphatic heterocycles. The number of benzene rings is 1. The second kappa shape index (κ2) is 5.84. The molecule has 1 aliphatic rings. The van der Waals surface area contributed by atoms with Gasteiger partial charge < -0.3 is 10.0 Å². The Balaban J connectivity index is 1.64. The maximum atomic E-state index is 9.35. The second-order valence-electron chi connectivity index (χ2n) is 5.37. The molecule has 2 aromatic rings. The topological polar surface area (TPSA) is 60.2 Å². The number of pyridine rings is 1. The highest BCUT2D eigenvalue weighted by atomic mass is 16.3. The summed E-state index contributed by atoms with van der Waals surface area (Å²) in [6, 6.07) is 13.3. The highest BCUT2D eigenvalue weighted by Crippen LogP contribution is 2.30. The highest BCUT2D eigenvalue weighted by molar-refractivity contribution is 5.42. The number of nitrogens with zero attached hydrogens (tertiary/aromatic N) is 3. The Morgan fingerprint density at radius 1 is 1.10 bits per heavy atom. The first kappa shape index (κ1) is 13.4. The van der Waals surface area contributed by atoms with Crippen LogP contribution in [-0.2, 0) is 0 Å². The van der Waals surface area contributed by atoms with Crippen molar-refractivity contribution in [3.8, 4) is 11.8 Å². The normalized spacial score (nSPS) is 15.7. The van der Waals surface area contributed by atoms with E-state index in [9.17, 15) is 5.11 Å². The van der Waals surface area contributed by atoms with Crippen LogP contribution in [-0.4, -0.2) is 23.2 Å². The van der Waals surface area contributed by atoms with Crippen LogP contribution in [0.4, 0.5) is 5.82 Å². The van der Waals surface area contributed by atoms with E-state index < -0.39 is 0 Å². The summed E-state index contributed by atoms with van der Waals surface area (Å²) >= 11 is 0. The Morgan fingerprint density at radius 3 is 2.38 bits per heavy atom. The average Bonchev–Trinajstić information content (AvgIpc) is 2.56. The van der Waals surface area contributed by atoms with Gasteiger partial charge in [0.25, 0.3) is 0 Å². The zero-order valence-corrected chi connectivity index (χ0v) is 11.7. The van der Waals surface area contributed by atoms with Crippen LogP contribution >= 0.6 is 0 Å². The Hall–Kier alpha value is -2.54. The number of nitriles is 1. The van der Waals surface area contributed by atoms with Crippen molar-refractivity contribution in [2.75, 3.05) is 18.0 Å². The first-order chi connectivity index (χ1) is 10.3. The van der Waals surface area contributed by atoms with Gasteiger partial charge in [-0.3, -0.25) is 0 Å². The molecule has 1 aromatic heterocycles. The van der Waals surface area contributed by atoms with Crippen LogP contribution in [0.25, 0.3) is 0 Å². The summed E-state index contributed by atoms with van der Waals surface area (Å²) < 4.78 is 0. The van der Waals surface area contributed by atoms with E-state index >= 15 is 0 Å². The largest absolute Gasteiger partial charge is 0.508 e. The fourth-order valence-corrected chi connectivity index (χ4v) is 2.83. The van der Waals surface area contributed by atoms with E-state index in [1.165, 1.54) is 5.56 Å². The van der Waals surface area contributed by atoms with Gasteiger partial charge in [-0.25, -0.2) is 4.98 Å². The van der Waals surface area contributed by atoms with Crippen molar-refractivity contribution in [1.29, 1.82) is 5.26 Å². The average molecular weight is 279 g/mol. The summed E-state index contributed by atoms with van der Waals surface area (Å²) in [5.41, 5.74) is 1.89. The molecule has 0 saturated carbocycles. The van der Waals surface area contributed by atoms with Crippen molar-refractivity contribution in [3.05, 3.63) is 53.7 Å². The van der Waals surface area contributed by atoms with Crippen LogP contribution in [0.5, 0.6) is 5.75 Å². The predicted octanol–water partition coefficient (Wildman–Crippen LogP) is 3.04. The summed E-state index contributed by atoms with van der Waals surface area (Å²) in [6.07, 6.45) is 3.78. The van der Waals surface area contributed by atoms with E-state index in [2.05, 4.69) is 16.0 Å². The molecule has 1 aromatic carbocycles. The SMILES string of the molecule is N#Cc1ccc(N2CCC(c3ccc(O)cc3)CC2)nc1. The number of anilines is 1. The van der Waals surface area contributed by atoms with Gasteiger partial charge in [-0.2, -0.15) is 5.26 Å². The van der Waals surface area contributed by atoms with E-state index in [1.54, 1.807) is 18.3 Å². The minimum Gasteiger partial charge on any atom is -0.508 e. The molecular weight excluding hydrogens is 262 g/mol. The van der Waals surface area contributed by atoms with E-state index in [0.717, 1.165) is 31.7 Å². The molecule has 0 bridgehead atoms. The number of phenols is 1. The molecular formula is C17H17N3O. The maximum absolute atomic E-state index is 9.35. The number of rotatable bonds is 2. The van der Waals surface area contributed by atoms with Crippen LogP contribution in [0.2, 0.25) is 0 Å². The molecule has 2 heterocycles. The van der Waals surface area contributed by atoms with Gasteiger partial charge in [0.2, 0.25) is 0 Å². The molecule has 0 aliphatic carbocycles. The number of hydrogen-bond acceptors (Lipinski definition) is 4. The third kappa shape index (κ3) is 2.97. The van der Waals surface area contributed by atoms with Gasteiger partial charge in [0.05, 0.1) is 5.56 Å². The lowest BCUT2D eigenvalue weighted by Crippen LogP contribution is -2.33. The zero-order chi connectivity index (χ0) is 14.7. The maximum Gasteiger partial charge on any atom is 0.128 e. The standard InChI is InChI=1S/C17H17N3O/c18-11-13-1-6-17(19-12-13)20-9-7-15(8-10-20)14-2-4-16(21)5-3-14/h1-6,12,15,21H,7-10H2. The fourth-order valence-electron chi connectivity index (χ4n) is 2.83. The summed E-state index contributed by atoms with van der Waals surface area (Å²) in [6.45, 7) is 1.93. The van der Waals surface area contributed by atoms with Crippen molar-refractivity contribution < 1.29 is 5.11 Å². The van der Waals surface area contributed by atoms with Gasteiger partial charge in [-0.15, -0.1) is 0 Å². The van der Waals surface area contributed by atoms with Crippen molar-refractivity contribution in [3.63, 3.8) is 0 Å². The third-order valence-electron chi connectivity index (χ3n) is 4.06. The molecule has 0 spiro atoms. The van der Waals surface area contributed by atoms with E-state index in [4.69, 9.17) is 5.26 Å². The van der Waals surface area contributed by atoms with Crippen LogP contribution in [0.15, 0.2) is 42.6 Å². The van der Waals surface area contributed by atoms with Gasteiger partial charge in [0.15, 0.2) is 0 Å². The Bertz CT molecular complexity index is 635. The second-order valence-corrected chi connectivity index (χ2v) is 5.37. The summed E-state index contributed by atoms with van der Waals surface area (Å²) in [5.74, 6) is 1.80. The number of piperidine rings is 1. The van der Waals surface area contributed by atoms with Gasteiger partial charge in [0.1, 0.15) is 17.6 Å². The lowest BCUT2D eigenvalue weighted by molar-refractivity contribution is 0.472. The van der Waals surface area contributed by atoms with Gasteiger partial charge in [-0.05, 0) is 48.6 Å². The molecule has 4 nitrogen and oxygen atoms in total. The van der Waals surface area contributed by atoms with Gasteiger partial charge in [0, 0.05) is 19.3 Å². The molecule has 0 amide bonds.